The van der Waals surface area contributed by atoms with Crippen LogP contribution in [0.15, 0.2) is 12.4 Å². The summed E-state index contributed by atoms with van der Waals surface area (Å²) in [5, 5.41) is 0. The number of nitrogens with zero attached hydrogens (tertiary/aromatic N) is 4. The summed E-state index contributed by atoms with van der Waals surface area (Å²) < 4.78 is 1.08. The Kier molecular flexibility index (Phi) is 5.58. The first kappa shape index (κ1) is 14.0. The van der Waals surface area contributed by atoms with Gasteiger partial charge in [0.05, 0.1) is 0 Å². The van der Waals surface area contributed by atoms with Crippen molar-refractivity contribution >= 4 is 28.5 Å². The minimum Gasteiger partial charge on any atom is -0.339 e. The van der Waals surface area contributed by atoms with E-state index in [9.17, 15) is 0 Å². The van der Waals surface area contributed by atoms with Crippen molar-refractivity contribution in [3.63, 3.8) is 0 Å². The van der Waals surface area contributed by atoms with E-state index in [1.54, 1.807) is 0 Å². The van der Waals surface area contributed by atoms with E-state index in [0.29, 0.717) is 0 Å². The van der Waals surface area contributed by atoms with Crippen molar-refractivity contribution in [3.05, 3.63) is 16.0 Å². The van der Waals surface area contributed by atoms with Crippen LogP contribution < -0.4 is 10.6 Å². The van der Waals surface area contributed by atoms with E-state index < -0.39 is 0 Å². The quantitative estimate of drug-likeness (QED) is 0.810. The summed E-state index contributed by atoms with van der Waals surface area (Å²) in [4.78, 5) is 13.6. The first-order valence-electron chi connectivity index (χ1n) is 6.44. The lowest BCUT2D eigenvalue weighted by Gasteiger charge is -2.21. The second-order valence-corrected chi connectivity index (χ2v) is 5.77. The number of aromatic nitrogens is 2. The van der Waals surface area contributed by atoms with E-state index in [-0.39, 0.29) is 0 Å². The maximum atomic E-state index is 5.56. The molecule has 1 aromatic heterocycles. The van der Waals surface area contributed by atoms with Gasteiger partial charge in [-0.25, -0.2) is 9.97 Å². The van der Waals surface area contributed by atoms with Gasteiger partial charge >= 0.3 is 0 Å². The van der Waals surface area contributed by atoms with Gasteiger partial charge < -0.3 is 15.5 Å². The molecule has 0 radical (unpaired) electrons. The molecule has 18 heavy (non-hydrogen) atoms. The first-order chi connectivity index (χ1) is 8.79. The van der Waals surface area contributed by atoms with Crippen LogP contribution in [0.2, 0.25) is 0 Å². The number of halogens is 1. The average molecular weight is 361 g/mol. The third-order valence-corrected chi connectivity index (χ3v) is 3.71. The molecule has 0 bridgehead atoms. The number of nitrogens with two attached hydrogens (primary N) is 1. The Balaban J connectivity index is 1.90. The zero-order valence-corrected chi connectivity index (χ0v) is 12.7. The maximum absolute atomic E-state index is 5.56. The normalized spacial score (nSPS) is 17.8. The topological polar surface area (TPSA) is 58.3 Å². The highest BCUT2D eigenvalue weighted by Gasteiger charge is 2.16. The minimum atomic E-state index is 0.778. The first-order valence-corrected chi connectivity index (χ1v) is 7.52. The average Bonchev–Trinajstić information content (AvgIpc) is 2.63. The fraction of sp³-hybridized carbons (Fsp3) is 0.667. The minimum absolute atomic E-state index is 0.778. The smallest absolute Gasteiger partial charge is 0.225 e. The molecular weight excluding hydrogens is 341 g/mol. The molecule has 1 fully saturated rings. The SMILES string of the molecule is NCCCN1CCCN(c2ncc(I)cn2)CC1. The van der Waals surface area contributed by atoms with Crippen LogP contribution >= 0.6 is 22.6 Å². The van der Waals surface area contributed by atoms with Gasteiger partial charge in [0.25, 0.3) is 0 Å². The van der Waals surface area contributed by atoms with Crippen LogP contribution in [0.5, 0.6) is 0 Å². The molecule has 2 heterocycles. The largest absolute Gasteiger partial charge is 0.339 e. The molecule has 0 aliphatic carbocycles. The monoisotopic (exact) mass is 361 g/mol. The number of rotatable bonds is 4. The van der Waals surface area contributed by atoms with Crippen LogP contribution in [0.4, 0.5) is 5.95 Å². The number of anilines is 1. The Bertz CT molecular complexity index is 356. The standard InChI is InChI=1S/C12H20IN5/c13-11-9-15-12(16-10-11)18-6-2-5-17(7-8-18)4-1-3-14/h9-10H,1-8,14H2. The van der Waals surface area contributed by atoms with Crippen molar-refractivity contribution in [1.29, 1.82) is 0 Å². The highest BCUT2D eigenvalue weighted by atomic mass is 127. The summed E-state index contributed by atoms with van der Waals surface area (Å²) in [6.45, 7) is 6.17. The van der Waals surface area contributed by atoms with Gasteiger partial charge in [-0.2, -0.15) is 0 Å². The molecule has 2 N–H and O–H groups in total. The summed E-state index contributed by atoms with van der Waals surface area (Å²) in [7, 11) is 0. The molecule has 1 aliphatic heterocycles. The number of hydrogen-bond donors (Lipinski definition) is 1. The lowest BCUT2D eigenvalue weighted by Crippen LogP contribution is -2.32. The molecule has 1 aliphatic rings. The van der Waals surface area contributed by atoms with Crippen molar-refractivity contribution in [2.45, 2.75) is 12.8 Å². The number of hydrogen-bond acceptors (Lipinski definition) is 5. The lowest BCUT2D eigenvalue weighted by atomic mass is 10.3. The van der Waals surface area contributed by atoms with Crippen LogP contribution in [0.3, 0.4) is 0 Å². The maximum Gasteiger partial charge on any atom is 0.225 e. The van der Waals surface area contributed by atoms with Gasteiger partial charge in [0.15, 0.2) is 0 Å². The molecule has 1 saturated heterocycles. The van der Waals surface area contributed by atoms with Crippen molar-refractivity contribution in [2.75, 3.05) is 44.2 Å². The van der Waals surface area contributed by atoms with Crippen LogP contribution in [0, 0.1) is 3.57 Å². The molecule has 0 amide bonds. The van der Waals surface area contributed by atoms with Crippen molar-refractivity contribution < 1.29 is 0 Å². The van der Waals surface area contributed by atoms with Gasteiger partial charge in [0.2, 0.25) is 5.95 Å². The van der Waals surface area contributed by atoms with Gasteiger partial charge in [-0.15, -0.1) is 0 Å². The summed E-state index contributed by atoms with van der Waals surface area (Å²) in [5.41, 5.74) is 5.56. The Hall–Kier alpha value is -0.470. The molecular formula is C12H20IN5. The molecule has 100 valence electrons. The Morgan fingerprint density at radius 3 is 2.67 bits per heavy atom. The summed E-state index contributed by atoms with van der Waals surface area (Å²) in [5.74, 6) is 0.857. The lowest BCUT2D eigenvalue weighted by molar-refractivity contribution is 0.291. The highest BCUT2D eigenvalue weighted by Crippen LogP contribution is 2.12. The van der Waals surface area contributed by atoms with Gasteiger partial charge in [-0.1, -0.05) is 0 Å². The highest BCUT2D eigenvalue weighted by molar-refractivity contribution is 14.1. The predicted molar refractivity (Wildman–Crippen MR) is 81.7 cm³/mol. The van der Waals surface area contributed by atoms with Crippen LogP contribution in [-0.4, -0.2) is 54.1 Å². The third-order valence-electron chi connectivity index (χ3n) is 3.16. The Morgan fingerprint density at radius 2 is 1.94 bits per heavy atom. The zero-order valence-electron chi connectivity index (χ0n) is 10.6. The fourth-order valence-electron chi connectivity index (χ4n) is 2.18. The fourth-order valence-corrected chi connectivity index (χ4v) is 2.46. The summed E-state index contributed by atoms with van der Waals surface area (Å²) in [6.07, 6.45) is 6.00. The van der Waals surface area contributed by atoms with E-state index in [1.165, 1.54) is 6.42 Å². The van der Waals surface area contributed by atoms with E-state index in [1.807, 2.05) is 12.4 Å². The molecule has 0 aromatic carbocycles. The summed E-state index contributed by atoms with van der Waals surface area (Å²) in [6, 6.07) is 0. The molecule has 5 nitrogen and oxygen atoms in total. The molecule has 2 rings (SSSR count). The van der Waals surface area contributed by atoms with E-state index in [0.717, 1.165) is 55.2 Å². The van der Waals surface area contributed by atoms with E-state index in [2.05, 4.69) is 42.4 Å². The Morgan fingerprint density at radius 1 is 1.17 bits per heavy atom. The molecule has 0 spiro atoms. The molecule has 0 unspecified atom stereocenters. The van der Waals surface area contributed by atoms with Gasteiger partial charge in [0.1, 0.15) is 0 Å². The second kappa shape index (κ2) is 7.20. The van der Waals surface area contributed by atoms with Crippen molar-refractivity contribution in [1.82, 2.24) is 14.9 Å². The third kappa shape index (κ3) is 4.03. The van der Waals surface area contributed by atoms with Gasteiger partial charge in [-0.3, -0.25) is 0 Å². The summed E-state index contributed by atoms with van der Waals surface area (Å²) >= 11 is 2.23. The Labute approximate surface area is 122 Å². The molecule has 0 atom stereocenters. The molecule has 6 heteroatoms. The van der Waals surface area contributed by atoms with Crippen LogP contribution in [0.25, 0.3) is 0 Å². The van der Waals surface area contributed by atoms with Gasteiger partial charge in [-0.05, 0) is 55.1 Å². The van der Waals surface area contributed by atoms with Crippen LogP contribution in [0.1, 0.15) is 12.8 Å². The van der Waals surface area contributed by atoms with Gasteiger partial charge in [0, 0.05) is 35.6 Å². The van der Waals surface area contributed by atoms with E-state index >= 15 is 0 Å². The van der Waals surface area contributed by atoms with E-state index in [4.69, 9.17) is 5.73 Å². The van der Waals surface area contributed by atoms with Crippen LogP contribution in [-0.2, 0) is 0 Å². The zero-order chi connectivity index (χ0) is 12.8. The second-order valence-electron chi connectivity index (χ2n) is 4.53. The molecule has 1 aromatic rings. The molecule has 0 saturated carbocycles. The van der Waals surface area contributed by atoms with Crippen molar-refractivity contribution in [2.24, 2.45) is 5.73 Å². The predicted octanol–water partition coefficient (Wildman–Crippen LogP) is 0.942. The van der Waals surface area contributed by atoms with Crippen molar-refractivity contribution in [3.8, 4) is 0 Å².